The molecule has 5 nitrogen and oxygen atoms in total. The minimum absolute atomic E-state index is 0.700. The third-order valence-electron chi connectivity index (χ3n) is 4.05. The summed E-state index contributed by atoms with van der Waals surface area (Å²) in [5.41, 5.74) is 3.18. The number of benzene rings is 1. The van der Waals surface area contributed by atoms with Gasteiger partial charge in [0.1, 0.15) is 5.82 Å². The van der Waals surface area contributed by atoms with E-state index in [9.17, 15) is 0 Å². The minimum atomic E-state index is 0.700. The summed E-state index contributed by atoms with van der Waals surface area (Å²) in [6, 6.07) is 16.2. The monoisotopic (exact) mass is 333 g/mol. The highest BCUT2D eigenvalue weighted by Gasteiger charge is 2.11. The summed E-state index contributed by atoms with van der Waals surface area (Å²) in [5.74, 6) is 1.58. The van der Waals surface area contributed by atoms with Crippen LogP contribution in [-0.2, 0) is 6.54 Å². The number of hydrogen-bond donors (Lipinski definition) is 1. The van der Waals surface area contributed by atoms with Crippen molar-refractivity contribution >= 4 is 11.8 Å². The van der Waals surface area contributed by atoms with Gasteiger partial charge in [-0.05, 0) is 31.5 Å². The first kappa shape index (κ1) is 16.9. The molecule has 1 aromatic carbocycles. The second-order valence-electron chi connectivity index (χ2n) is 5.69. The molecule has 0 unspecified atom stereocenters. The fourth-order valence-electron chi connectivity index (χ4n) is 2.62. The van der Waals surface area contributed by atoms with Crippen molar-refractivity contribution in [2.24, 2.45) is 0 Å². The van der Waals surface area contributed by atoms with E-state index < -0.39 is 0 Å². The number of rotatable bonds is 7. The molecule has 5 heteroatoms. The Balaban J connectivity index is 1.92. The molecule has 3 aromatic rings. The lowest BCUT2D eigenvalue weighted by Gasteiger charge is -2.20. The van der Waals surface area contributed by atoms with Crippen LogP contribution >= 0.6 is 0 Å². The summed E-state index contributed by atoms with van der Waals surface area (Å²) in [6.45, 7) is 6.68. The smallest absolute Gasteiger partial charge is 0.227 e. The van der Waals surface area contributed by atoms with E-state index in [-0.39, 0.29) is 0 Å². The van der Waals surface area contributed by atoms with E-state index in [1.54, 1.807) is 12.4 Å². The Labute approximate surface area is 148 Å². The van der Waals surface area contributed by atoms with Crippen LogP contribution in [0.2, 0.25) is 0 Å². The van der Waals surface area contributed by atoms with Gasteiger partial charge in [-0.25, -0.2) is 4.98 Å². The van der Waals surface area contributed by atoms with Crippen molar-refractivity contribution in [1.82, 2.24) is 15.0 Å². The molecule has 25 heavy (non-hydrogen) atoms. The topological polar surface area (TPSA) is 53.9 Å². The Kier molecular flexibility index (Phi) is 5.57. The van der Waals surface area contributed by atoms with E-state index in [0.717, 1.165) is 36.1 Å². The quantitative estimate of drug-likeness (QED) is 0.708. The van der Waals surface area contributed by atoms with E-state index in [0.29, 0.717) is 6.54 Å². The Morgan fingerprint density at radius 1 is 0.920 bits per heavy atom. The van der Waals surface area contributed by atoms with Gasteiger partial charge >= 0.3 is 0 Å². The van der Waals surface area contributed by atoms with E-state index >= 15 is 0 Å². The molecule has 0 spiro atoms. The summed E-state index contributed by atoms with van der Waals surface area (Å²) in [6.07, 6.45) is 3.60. The number of nitrogens with zero attached hydrogens (tertiary/aromatic N) is 4. The number of pyridine rings is 1. The third-order valence-corrected chi connectivity index (χ3v) is 4.05. The van der Waals surface area contributed by atoms with Gasteiger partial charge in [-0.3, -0.25) is 4.98 Å². The van der Waals surface area contributed by atoms with Crippen LogP contribution in [0.4, 0.5) is 11.8 Å². The highest BCUT2D eigenvalue weighted by Crippen LogP contribution is 2.23. The van der Waals surface area contributed by atoms with Gasteiger partial charge in [-0.2, -0.15) is 4.98 Å². The van der Waals surface area contributed by atoms with Crippen LogP contribution in [0.5, 0.6) is 0 Å². The molecule has 128 valence electrons. The van der Waals surface area contributed by atoms with Crippen molar-refractivity contribution in [2.75, 3.05) is 23.3 Å². The normalized spacial score (nSPS) is 10.5. The zero-order chi connectivity index (χ0) is 17.5. The van der Waals surface area contributed by atoms with E-state index in [4.69, 9.17) is 9.97 Å². The average Bonchev–Trinajstić information content (AvgIpc) is 2.69. The van der Waals surface area contributed by atoms with Crippen molar-refractivity contribution in [3.63, 3.8) is 0 Å². The molecular weight excluding hydrogens is 310 g/mol. The second kappa shape index (κ2) is 8.24. The average molecular weight is 333 g/mol. The zero-order valence-electron chi connectivity index (χ0n) is 14.7. The summed E-state index contributed by atoms with van der Waals surface area (Å²) in [5, 5.41) is 3.41. The molecule has 0 saturated heterocycles. The zero-order valence-corrected chi connectivity index (χ0v) is 14.7. The van der Waals surface area contributed by atoms with Crippen molar-refractivity contribution in [3.8, 4) is 11.3 Å². The predicted octanol–water partition coefficient (Wildman–Crippen LogP) is 4.00. The minimum Gasteiger partial charge on any atom is -0.366 e. The molecule has 0 radical (unpaired) electrons. The highest BCUT2D eigenvalue weighted by molar-refractivity contribution is 5.64. The molecule has 0 bridgehead atoms. The van der Waals surface area contributed by atoms with Crippen LogP contribution in [-0.4, -0.2) is 28.0 Å². The van der Waals surface area contributed by atoms with E-state index in [1.165, 1.54) is 5.56 Å². The van der Waals surface area contributed by atoms with E-state index in [1.807, 2.05) is 36.4 Å². The van der Waals surface area contributed by atoms with Gasteiger partial charge in [0.15, 0.2) is 0 Å². The Morgan fingerprint density at radius 3 is 2.32 bits per heavy atom. The van der Waals surface area contributed by atoms with E-state index in [2.05, 4.69) is 41.2 Å². The summed E-state index contributed by atoms with van der Waals surface area (Å²) >= 11 is 0. The van der Waals surface area contributed by atoms with Crippen LogP contribution in [0, 0.1) is 0 Å². The first-order chi connectivity index (χ1) is 12.3. The number of nitrogens with one attached hydrogen (secondary N) is 1. The van der Waals surface area contributed by atoms with Crippen molar-refractivity contribution in [2.45, 2.75) is 20.4 Å². The SMILES string of the molecule is CCN(CC)c1nc(NCc2ccncc2)cc(-c2ccccc2)n1. The summed E-state index contributed by atoms with van der Waals surface area (Å²) < 4.78 is 0. The van der Waals surface area contributed by atoms with Gasteiger partial charge in [0.25, 0.3) is 0 Å². The van der Waals surface area contributed by atoms with Crippen LogP contribution < -0.4 is 10.2 Å². The number of anilines is 2. The lowest BCUT2D eigenvalue weighted by atomic mass is 10.1. The van der Waals surface area contributed by atoms with Crippen molar-refractivity contribution in [1.29, 1.82) is 0 Å². The lowest BCUT2D eigenvalue weighted by Crippen LogP contribution is -2.24. The molecule has 0 amide bonds. The fraction of sp³-hybridized carbons (Fsp3) is 0.250. The Morgan fingerprint density at radius 2 is 1.64 bits per heavy atom. The van der Waals surface area contributed by atoms with Crippen LogP contribution in [0.15, 0.2) is 60.9 Å². The molecule has 0 fully saturated rings. The molecule has 0 aliphatic carbocycles. The van der Waals surface area contributed by atoms with Crippen LogP contribution in [0.1, 0.15) is 19.4 Å². The van der Waals surface area contributed by atoms with Crippen LogP contribution in [0.3, 0.4) is 0 Å². The van der Waals surface area contributed by atoms with Crippen molar-refractivity contribution in [3.05, 3.63) is 66.5 Å². The number of aromatic nitrogens is 3. The van der Waals surface area contributed by atoms with Gasteiger partial charge in [0.2, 0.25) is 5.95 Å². The first-order valence-electron chi connectivity index (χ1n) is 8.62. The first-order valence-corrected chi connectivity index (χ1v) is 8.62. The predicted molar refractivity (Wildman–Crippen MR) is 103 cm³/mol. The molecule has 0 aliphatic rings. The molecule has 0 aliphatic heterocycles. The molecule has 0 saturated carbocycles. The van der Waals surface area contributed by atoms with Gasteiger partial charge in [0, 0.05) is 43.7 Å². The second-order valence-corrected chi connectivity index (χ2v) is 5.69. The Hall–Kier alpha value is -2.95. The van der Waals surface area contributed by atoms with Crippen molar-refractivity contribution < 1.29 is 0 Å². The molecule has 0 atom stereocenters. The molecule has 2 aromatic heterocycles. The van der Waals surface area contributed by atoms with Gasteiger partial charge < -0.3 is 10.2 Å². The summed E-state index contributed by atoms with van der Waals surface area (Å²) in [4.78, 5) is 15.7. The molecule has 2 heterocycles. The van der Waals surface area contributed by atoms with Gasteiger partial charge in [-0.15, -0.1) is 0 Å². The summed E-state index contributed by atoms with van der Waals surface area (Å²) in [7, 11) is 0. The third kappa shape index (κ3) is 4.32. The maximum Gasteiger partial charge on any atom is 0.227 e. The standard InChI is InChI=1S/C20H23N5/c1-3-25(4-2)20-23-18(17-8-6-5-7-9-17)14-19(24-20)22-15-16-10-12-21-13-11-16/h5-14H,3-4,15H2,1-2H3,(H,22,23,24). The molecular formula is C20H23N5. The molecule has 3 rings (SSSR count). The highest BCUT2D eigenvalue weighted by atomic mass is 15.3. The maximum atomic E-state index is 4.77. The lowest BCUT2D eigenvalue weighted by molar-refractivity contribution is 0.822. The fourth-order valence-corrected chi connectivity index (χ4v) is 2.62. The van der Waals surface area contributed by atoms with Gasteiger partial charge in [0.05, 0.1) is 5.69 Å². The number of hydrogen-bond acceptors (Lipinski definition) is 5. The largest absolute Gasteiger partial charge is 0.366 e. The van der Waals surface area contributed by atoms with Crippen LogP contribution in [0.25, 0.3) is 11.3 Å². The van der Waals surface area contributed by atoms with Gasteiger partial charge in [-0.1, -0.05) is 30.3 Å². The maximum absolute atomic E-state index is 4.77. The molecule has 1 N–H and O–H groups in total. The Bertz CT molecular complexity index is 786.